The van der Waals surface area contributed by atoms with E-state index in [-0.39, 0.29) is 0 Å². The topological polar surface area (TPSA) is 86.4 Å². The van der Waals surface area contributed by atoms with Gasteiger partial charge in [0.05, 0.1) is 23.4 Å². The molecule has 0 aliphatic carbocycles. The third kappa shape index (κ3) is 4.43. The molecular formula is C20H20ClN3O4. The fraction of sp³-hybridized carbons (Fsp3) is 0.250. The van der Waals surface area contributed by atoms with Crippen molar-refractivity contribution in [3.05, 3.63) is 70.5 Å². The predicted octanol–water partition coefficient (Wildman–Crippen LogP) is 3.98. The summed E-state index contributed by atoms with van der Waals surface area (Å²) in [6.07, 6.45) is 2.04. The number of hydrogen-bond acceptors (Lipinski definition) is 5. The van der Waals surface area contributed by atoms with Crippen molar-refractivity contribution in [1.29, 1.82) is 0 Å². The second kappa shape index (κ2) is 8.31. The summed E-state index contributed by atoms with van der Waals surface area (Å²) >= 11 is 5.77. The first kappa shape index (κ1) is 19.7. The molecule has 0 spiro atoms. The van der Waals surface area contributed by atoms with E-state index in [9.17, 15) is 9.59 Å². The van der Waals surface area contributed by atoms with Crippen molar-refractivity contribution in [3.8, 4) is 0 Å². The zero-order valence-electron chi connectivity index (χ0n) is 15.7. The van der Waals surface area contributed by atoms with Crippen molar-refractivity contribution < 1.29 is 18.7 Å². The Morgan fingerprint density at radius 3 is 2.75 bits per heavy atom. The smallest absolute Gasteiger partial charge is 0.340 e. The highest BCUT2D eigenvalue weighted by atomic mass is 35.5. The second-order valence-electron chi connectivity index (χ2n) is 6.35. The zero-order chi connectivity index (χ0) is 20.3. The van der Waals surface area contributed by atoms with Crippen LogP contribution < -0.4 is 5.32 Å². The van der Waals surface area contributed by atoms with E-state index in [0.717, 1.165) is 17.1 Å². The third-order valence-electron chi connectivity index (χ3n) is 4.32. The number of aromatic nitrogens is 2. The molecule has 8 heteroatoms. The fourth-order valence-electron chi connectivity index (χ4n) is 2.76. The van der Waals surface area contributed by atoms with Crippen LogP contribution in [0.3, 0.4) is 0 Å². The number of pyridine rings is 1. The molecule has 0 saturated carbocycles. The van der Waals surface area contributed by atoms with Crippen LogP contribution in [0.4, 0.5) is 5.82 Å². The molecule has 0 unspecified atom stereocenters. The predicted molar refractivity (Wildman–Crippen MR) is 104 cm³/mol. The summed E-state index contributed by atoms with van der Waals surface area (Å²) in [5, 5.41) is 3.04. The molecule has 0 bridgehead atoms. The van der Waals surface area contributed by atoms with Crippen LogP contribution in [-0.2, 0) is 16.1 Å². The number of furan rings is 1. The number of hydrogen-bond donors (Lipinski definition) is 1. The number of halogens is 1. The quantitative estimate of drug-likeness (QED) is 0.631. The number of amides is 1. The van der Waals surface area contributed by atoms with Crippen LogP contribution in [0.15, 0.2) is 47.2 Å². The summed E-state index contributed by atoms with van der Waals surface area (Å²) in [6.45, 7) is 5.74. The van der Waals surface area contributed by atoms with Crippen LogP contribution in [-0.4, -0.2) is 27.5 Å². The third-order valence-corrected chi connectivity index (χ3v) is 4.54. The summed E-state index contributed by atoms with van der Waals surface area (Å²) in [6, 6.07) is 8.60. The SMILES string of the molecule is Cc1cc(C(=O)O[C@H](C)C(=O)Nc2ccc(Cl)cn2)c(C)n1Cc1ccco1. The van der Waals surface area contributed by atoms with E-state index in [2.05, 4.69) is 10.3 Å². The Morgan fingerprint density at radius 1 is 1.32 bits per heavy atom. The number of nitrogens with zero attached hydrogens (tertiary/aromatic N) is 2. The van der Waals surface area contributed by atoms with E-state index in [0.29, 0.717) is 22.9 Å². The minimum absolute atomic E-state index is 0.328. The molecule has 146 valence electrons. The number of ether oxygens (including phenoxy) is 1. The van der Waals surface area contributed by atoms with Crippen molar-refractivity contribution in [2.45, 2.75) is 33.4 Å². The molecule has 28 heavy (non-hydrogen) atoms. The molecular weight excluding hydrogens is 382 g/mol. The van der Waals surface area contributed by atoms with Gasteiger partial charge in [-0.05, 0) is 51.1 Å². The first-order valence-corrected chi connectivity index (χ1v) is 9.05. The largest absolute Gasteiger partial charge is 0.467 e. The minimum atomic E-state index is -0.988. The number of rotatable bonds is 6. The first-order chi connectivity index (χ1) is 13.3. The van der Waals surface area contributed by atoms with E-state index in [1.165, 1.54) is 13.1 Å². The van der Waals surface area contributed by atoms with Crippen LogP contribution in [0.2, 0.25) is 5.02 Å². The Kier molecular flexibility index (Phi) is 5.84. The molecule has 3 rings (SSSR count). The van der Waals surface area contributed by atoms with Crippen molar-refractivity contribution >= 4 is 29.3 Å². The Morgan fingerprint density at radius 2 is 2.11 bits per heavy atom. The number of aryl methyl sites for hydroxylation is 1. The molecule has 0 aromatic carbocycles. The Balaban J connectivity index is 1.66. The van der Waals surface area contributed by atoms with Gasteiger partial charge in [-0.25, -0.2) is 9.78 Å². The van der Waals surface area contributed by atoms with Crippen LogP contribution in [0.5, 0.6) is 0 Å². The van der Waals surface area contributed by atoms with Gasteiger partial charge < -0.3 is 19.0 Å². The lowest BCUT2D eigenvalue weighted by Gasteiger charge is -2.13. The van der Waals surface area contributed by atoms with Gasteiger partial charge in [0.1, 0.15) is 11.6 Å². The number of esters is 1. The average molecular weight is 402 g/mol. The molecule has 0 radical (unpaired) electrons. The van der Waals surface area contributed by atoms with Gasteiger partial charge in [0.15, 0.2) is 6.10 Å². The van der Waals surface area contributed by atoms with Crippen molar-refractivity contribution in [1.82, 2.24) is 9.55 Å². The van der Waals surface area contributed by atoms with Gasteiger partial charge in [-0.3, -0.25) is 4.79 Å². The molecule has 0 aliphatic heterocycles. The first-order valence-electron chi connectivity index (χ1n) is 8.67. The Hall–Kier alpha value is -3.06. The summed E-state index contributed by atoms with van der Waals surface area (Å²) in [5.74, 6) is 0.0666. The van der Waals surface area contributed by atoms with Crippen LogP contribution >= 0.6 is 11.6 Å². The molecule has 7 nitrogen and oxygen atoms in total. The lowest BCUT2D eigenvalue weighted by Crippen LogP contribution is -2.30. The van der Waals surface area contributed by atoms with Crippen LogP contribution in [0.25, 0.3) is 0 Å². The molecule has 1 atom stereocenters. The van der Waals surface area contributed by atoms with Gasteiger partial charge >= 0.3 is 5.97 Å². The van der Waals surface area contributed by atoms with Crippen molar-refractivity contribution in [2.24, 2.45) is 0 Å². The maximum atomic E-state index is 12.6. The highest BCUT2D eigenvalue weighted by Gasteiger charge is 2.23. The molecule has 1 N–H and O–H groups in total. The molecule has 3 heterocycles. The number of anilines is 1. The van der Waals surface area contributed by atoms with Gasteiger partial charge in [0.25, 0.3) is 5.91 Å². The molecule has 3 aromatic rings. The zero-order valence-corrected chi connectivity index (χ0v) is 16.5. The van der Waals surface area contributed by atoms with Crippen molar-refractivity contribution in [3.63, 3.8) is 0 Å². The van der Waals surface area contributed by atoms with Crippen LogP contribution in [0.1, 0.15) is 34.4 Å². The summed E-state index contributed by atoms with van der Waals surface area (Å²) in [4.78, 5) is 28.8. The highest BCUT2D eigenvalue weighted by Crippen LogP contribution is 2.19. The Labute approximate surface area is 167 Å². The molecule has 0 fully saturated rings. The number of carbonyl (C=O) groups excluding carboxylic acids is 2. The Bertz CT molecular complexity index is 978. The van der Waals surface area contributed by atoms with Crippen LogP contribution in [0, 0.1) is 13.8 Å². The fourth-order valence-corrected chi connectivity index (χ4v) is 2.88. The number of carbonyl (C=O) groups is 2. The lowest BCUT2D eigenvalue weighted by molar-refractivity contribution is -0.123. The van der Waals surface area contributed by atoms with E-state index >= 15 is 0 Å². The second-order valence-corrected chi connectivity index (χ2v) is 6.79. The average Bonchev–Trinajstić information content (AvgIpc) is 3.27. The maximum absolute atomic E-state index is 12.6. The van der Waals surface area contributed by atoms with Gasteiger partial charge in [-0.2, -0.15) is 0 Å². The van der Waals surface area contributed by atoms with E-state index < -0.39 is 18.0 Å². The van der Waals surface area contributed by atoms with Gasteiger partial charge in [0.2, 0.25) is 0 Å². The highest BCUT2D eigenvalue weighted by molar-refractivity contribution is 6.30. The van der Waals surface area contributed by atoms with E-state index in [1.807, 2.05) is 30.5 Å². The number of nitrogens with one attached hydrogen (secondary N) is 1. The molecule has 0 saturated heterocycles. The minimum Gasteiger partial charge on any atom is -0.467 e. The van der Waals surface area contributed by atoms with Gasteiger partial charge in [0, 0.05) is 17.6 Å². The van der Waals surface area contributed by atoms with Gasteiger partial charge in [-0.15, -0.1) is 0 Å². The molecule has 1 amide bonds. The van der Waals surface area contributed by atoms with E-state index in [4.69, 9.17) is 20.8 Å². The monoisotopic (exact) mass is 401 g/mol. The summed E-state index contributed by atoms with van der Waals surface area (Å²) < 4.78 is 12.7. The summed E-state index contributed by atoms with van der Waals surface area (Å²) in [7, 11) is 0. The molecule has 3 aromatic heterocycles. The molecule has 0 aliphatic rings. The lowest BCUT2D eigenvalue weighted by atomic mass is 10.2. The van der Waals surface area contributed by atoms with Gasteiger partial charge in [-0.1, -0.05) is 11.6 Å². The van der Waals surface area contributed by atoms with E-state index in [1.54, 1.807) is 24.5 Å². The summed E-state index contributed by atoms with van der Waals surface area (Å²) in [5.41, 5.74) is 2.04. The standard InChI is InChI=1S/C20H20ClN3O4/c1-12-9-17(13(2)24(12)11-16-5-4-8-27-16)20(26)28-14(3)19(25)23-18-7-6-15(21)10-22-18/h4-10,14H,11H2,1-3H3,(H,22,23,25)/t14-/m1/s1. The normalized spacial score (nSPS) is 11.9. The maximum Gasteiger partial charge on any atom is 0.340 e. The van der Waals surface area contributed by atoms with Crippen molar-refractivity contribution in [2.75, 3.05) is 5.32 Å².